The molecular weight excluding hydrogens is 232 g/mol. The number of halogens is 3. The molecule has 0 aromatic heterocycles. The van der Waals surface area contributed by atoms with Gasteiger partial charge < -0.3 is 10.8 Å². The zero-order valence-electron chi connectivity index (χ0n) is 8.31. The first-order valence-electron chi connectivity index (χ1n) is 4.09. The van der Waals surface area contributed by atoms with E-state index in [0.717, 1.165) is 6.92 Å². The third kappa shape index (κ3) is 4.53. The van der Waals surface area contributed by atoms with Gasteiger partial charge in [-0.1, -0.05) is 6.92 Å². The summed E-state index contributed by atoms with van der Waals surface area (Å²) < 4.78 is 24.8. The van der Waals surface area contributed by atoms with E-state index in [2.05, 4.69) is 0 Å². The Labute approximate surface area is 92.2 Å². The maximum absolute atomic E-state index is 12.4. The molecule has 0 aromatic carbocycles. The summed E-state index contributed by atoms with van der Waals surface area (Å²) in [5.41, 5.74) is 5.14. The number of aliphatic carboxylic acids is 1. The molecule has 0 bridgehead atoms. The average Bonchev–Trinajstić information content (AvgIpc) is 2.03. The predicted molar refractivity (Wildman–Crippen MR) is 52.2 cm³/mol. The molecule has 0 aliphatic heterocycles. The SMILES string of the molecule is CC(N)C(=O)C(C(F)F)C(C)C(=O)O.Cl. The van der Waals surface area contributed by atoms with Crippen molar-refractivity contribution in [3.63, 3.8) is 0 Å². The fourth-order valence-electron chi connectivity index (χ4n) is 1.05. The standard InChI is InChI=1S/C8H13F2NO3.ClH/c1-3(8(13)14)5(7(9)10)6(12)4(2)11;/h3-5,7H,11H2,1-2H3,(H,13,14);1H. The molecule has 0 amide bonds. The molecule has 0 spiro atoms. The average molecular weight is 246 g/mol. The number of Topliss-reactive ketones (excluding diaryl/α,β-unsaturated/α-hetero) is 1. The molecule has 0 saturated heterocycles. The molecule has 0 aliphatic carbocycles. The summed E-state index contributed by atoms with van der Waals surface area (Å²) in [6, 6.07) is -1.07. The van der Waals surface area contributed by atoms with Crippen molar-refractivity contribution in [2.24, 2.45) is 17.6 Å². The number of rotatable bonds is 5. The van der Waals surface area contributed by atoms with Gasteiger partial charge in [-0.15, -0.1) is 12.4 Å². The van der Waals surface area contributed by atoms with Crippen LogP contribution in [0.2, 0.25) is 0 Å². The summed E-state index contributed by atoms with van der Waals surface area (Å²) in [6.45, 7) is 2.33. The largest absolute Gasteiger partial charge is 0.481 e. The van der Waals surface area contributed by atoms with E-state index in [9.17, 15) is 18.4 Å². The summed E-state index contributed by atoms with van der Waals surface area (Å²) >= 11 is 0. The zero-order chi connectivity index (χ0) is 11.5. The summed E-state index contributed by atoms with van der Waals surface area (Å²) in [4.78, 5) is 21.6. The Bertz CT molecular complexity index is 236. The number of carbonyl (C=O) groups is 2. The van der Waals surface area contributed by atoms with Crippen molar-refractivity contribution >= 4 is 24.2 Å². The molecular formula is C8H14ClF2NO3. The van der Waals surface area contributed by atoms with Gasteiger partial charge in [0.25, 0.3) is 0 Å². The van der Waals surface area contributed by atoms with Gasteiger partial charge in [0.15, 0.2) is 5.78 Å². The topological polar surface area (TPSA) is 80.4 Å². The Hall–Kier alpha value is -0.750. The van der Waals surface area contributed by atoms with Gasteiger partial charge >= 0.3 is 5.97 Å². The van der Waals surface area contributed by atoms with Crippen molar-refractivity contribution in [1.29, 1.82) is 0 Å². The normalized spacial score (nSPS) is 16.4. The highest BCUT2D eigenvalue weighted by molar-refractivity contribution is 5.89. The highest BCUT2D eigenvalue weighted by Crippen LogP contribution is 2.22. The lowest BCUT2D eigenvalue weighted by Crippen LogP contribution is -2.41. The number of hydrogen-bond acceptors (Lipinski definition) is 3. The number of alkyl halides is 2. The van der Waals surface area contributed by atoms with Crippen molar-refractivity contribution in [3.05, 3.63) is 0 Å². The Morgan fingerprint density at radius 1 is 1.27 bits per heavy atom. The van der Waals surface area contributed by atoms with Gasteiger partial charge in [-0.25, -0.2) is 8.78 Å². The van der Waals surface area contributed by atoms with E-state index in [1.165, 1.54) is 6.92 Å². The number of nitrogens with two attached hydrogens (primary N) is 1. The molecule has 4 nitrogen and oxygen atoms in total. The second kappa shape index (κ2) is 6.68. The first-order valence-corrected chi connectivity index (χ1v) is 4.09. The maximum Gasteiger partial charge on any atom is 0.307 e. The Morgan fingerprint density at radius 2 is 1.67 bits per heavy atom. The second-order valence-electron chi connectivity index (χ2n) is 3.18. The van der Waals surface area contributed by atoms with Crippen molar-refractivity contribution in [3.8, 4) is 0 Å². The number of carboxylic acid groups (broad SMARTS) is 1. The first kappa shape index (κ1) is 16.7. The molecule has 7 heteroatoms. The van der Waals surface area contributed by atoms with E-state index >= 15 is 0 Å². The summed E-state index contributed by atoms with van der Waals surface area (Å²) in [7, 11) is 0. The minimum absolute atomic E-state index is 0. The van der Waals surface area contributed by atoms with Crippen LogP contribution < -0.4 is 5.73 Å². The minimum Gasteiger partial charge on any atom is -0.481 e. The Kier molecular flexibility index (Phi) is 7.43. The third-order valence-electron chi connectivity index (χ3n) is 1.98. The lowest BCUT2D eigenvalue weighted by atomic mass is 9.88. The highest BCUT2D eigenvalue weighted by Gasteiger charge is 2.38. The van der Waals surface area contributed by atoms with Crippen LogP contribution in [0.5, 0.6) is 0 Å². The van der Waals surface area contributed by atoms with E-state index in [1.807, 2.05) is 0 Å². The quantitative estimate of drug-likeness (QED) is 0.755. The van der Waals surface area contributed by atoms with Gasteiger partial charge in [0.1, 0.15) is 0 Å². The second-order valence-corrected chi connectivity index (χ2v) is 3.18. The van der Waals surface area contributed by atoms with Crippen LogP contribution >= 0.6 is 12.4 Å². The third-order valence-corrected chi connectivity index (χ3v) is 1.98. The van der Waals surface area contributed by atoms with Crippen molar-refractivity contribution in [2.45, 2.75) is 26.3 Å². The molecule has 0 aliphatic rings. The van der Waals surface area contributed by atoms with Gasteiger partial charge in [0.2, 0.25) is 6.43 Å². The fraction of sp³-hybridized carbons (Fsp3) is 0.750. The van der Waals surface area contributed by atoms with E-state index in [-0.39, 0.29) is 12.4 Å². The van der Waals surface area contributed by atoms with Crippen LogP contribution in [0.1, 0.15) is 13.8 Å². The number of carboxylic acids is 1. The molecule has 0 aromatic rings. The van der Waals surface area contributed by atoms with E-state index < -0.39 is 36.1 Å². The summed E-state index contributed by atoms with van der Waals surface area (Å²) in [6.07, 6.45) is -3.00. The van der Waals surface area contributed by atoms with Crippen molar-refractivity contribution in [1.82, 2.24) is 0 Å². The van der Waals surface area contributed by atoms with Gasteiger partial charge in [0.05, 0.1) is 17.9 Å². The maximum atomic E-state index is 12.4. The van der Waals surface area contributed by atoms with Crippen LogP contribution in [0, 0.1) is 11.8 Å². The van der Waals surface area contributed by atoms with Gasteiger partial charge in [0, 0.05) is 0 Å². The summed E-state index contributed by atoms with van der Waals surface area (Å²) in [5, 5.41) is 8.51. The molecule has 3 atom stereocenters. The molecule has 0 radical (unpaired) electrons. The number of ketones is 1. The van der Waals surface area contributed by atoms with Crippen molar-refractivity contribution in [2.75, 3.05) is 0 Å². The van der Waals surface area contributed by atoms with Crippen LogP contribution in [-0.2, 0) is 9.59 Å². The fourth-order valence-corrected chi connectivity index (χ4v) is 1.05. The Morgan fingerprint density at radius 3 is 1.87 bits per heavy atom. The monoisotopic (exact) mass is 245 g/mol. The molecule has 0 saturated carbocycles. The first-order chi connectivity index (χ1) is 6.29. The van der Waals surface area contributed by atoms with Gasteiger partial charge in [-0.3, -0.25) is 9.59 Å². The molecule has 0 rings (SSSR count). The van der Waals surface area contributed by atoms with Crippen LogP contribution in [0.4, 0.5) is 8.78 Å². The van der Waals surface area contributed by atoms with E-state index in [4.69, 9.17) is 10.8 Å². The molecule has 0 fully saturated rings. The van der Waals surface area contributed by atoms with Crippen molar-refractivity contribution < 1.29 is 23.5 Å². The van der Waals surface area contributed by atoms with Crippen LogP contribution in [0.3, 0.4) is 0 Å². The predicted octanol–water partition coefficient (Wildman–Crippen LogP) is 0.927. The van der Waals surface area contributed by atoms with Crippen LogP contribution in [-0.4, -0.2) is 29.3 Å². The van der Waals surface area contributed by atoms with Crippen LogP contribution in [0.15, 0.2) is 0 Å². The smallest absolute Gasteiger partial charge is 0.307 e. The van der Waals surface area contributed by atoms with E-state index in [1.54, 1.807) is 0 Å². The zero-order valence-corrected chi connectivity index (χ0v) is 9.13. The molecule has 90 valence electrons. The minimum atomic E-state index is -3.00. The number of hydrogen-bond donors (Lipinski definition) is 2. The number of carbonyl (C=O) groups excluding carboxylic acids is 1. The van der Waals surface area contributed by atoms with Crippen LogP contribution in [0.25, 0.3) is 0 Å². The van der Waals surface area contributed by atoms with E-state index in [0.29, 0.717) is 0 Å². The van der Waals surface area contributed by atoms with Gasteiger partial charge in [-0.2, -0.15) is 0 Å². The molecule has 15 heavy (non-hydrogen) atoms. The lowest BCUT2D eigenvalue weighted by molar-refractivity contribution is -0.150. The lowest BCUT2D eigenvalue weighted by Gasteiger charge is -2.20. The van der Waals surface area contributed by atoms with Gasteiger partial charge in [-0.05, 0) is 6.92 Å². The Balaban J connectivity index is 0. The summed E-state index contributed by atoms with van der Waals surface area (Å²) in [5.74, 6) is -5.60. The highest BCUT2D eigenvalue weighted by atomic mass is 35.5. The molecule has 3 N–H and O–H groups in total. The molecule has 0 heterocycles. The molecule has 3 unspecified atom stereocenters.